The Labute approximate surface area is 92.4 Å². The predicted molar refractivity (Wildman–Crippen MR) is 61.1 cm³/mol. The van der Waals surface area contributed by atoms with Crippen LogP contribution in [0.25, 0.3) is 0 Å². The highest BCUT2D eigenvalue weighted by atomic mass is 16.2. The van der Waals surface area contributed by atoms with Crippen LogP contribution in [0.2, 0.25) is 0 Å². The van der Waals surface area contributed by atoms with Gasteiger partial charge in [-0.15, -0.1) is 6.58 Å². The zero-order chi connectivity index (χ0) is 12.1. The Morgan fingerprint density at radius 1 is 1.60 bits per heavy atom. The fourth-order valence-electron chi connectivity index (χ4n) is 1.33. The Balaban J connectivity index is 4.86. The number of rotatable bonds is 4. The number of hydrogen-bond acceptors (Lipinski definition) is 2. The molecule has 0 aromatic rings. The molecule has 0 fully saturated rings. The zero-order valence-corrected chi connectivity index (χ0v) is 10.1. The van der Waals surface area contributed by atoms with Crippen LogP contribution in [0.1, 0.15) is 34.1 Å². The summed E-state index contributed by atoms with van der Waals surface area (Å²) in [5.41, 5.74) is -0.268. The molecule has 1 atom stereocenters. The van der Waals surface area contributed by atoms with E-state index in [9.17, 15) is 4.79 Å². The maximum atomic E-state index is 12.0. The molecule has 0 heterocycles. The van der Waals surface area contributed by atoms with Crippen LogP contribution in [-0.4, -0.2) is 22.9 Å². The molecule has 0 aliphatic rings. The minimum Gasteiger partial charge on any atom is -0.333 e. The van der Waals surface area contributed by atoms with E-state index >= 15 is 0 Å². The minimum atomic E-state index is -0.538. The van der Waals surface area contributed by atoms with Gasteiger partial charge < -0.3 is 4.90 Å². The van der Waals surface area contributed by atoms with E-state index in [4.69, 9.17) is 5.26 Å². The quantitative estimate of drug-likeness (QED) is 0.666. The van der Waals surface area contributed by atoms with Crippen molar-refractivity contribution in [3.8, 4) is 6.07 Å². The summed E-state index contributed by atoms with van der Waals surface area (Å²) in [6.07, 6.45) is 2.24. The van der Waals surface area contributed by atoms with E-state index in [0.717, 1.165) is 0 Å². The van der Waals surface area contributed by atoms with Crippen molar-refractivity contribution in [1.82, 2.24) is 4.90 Å². The predicted octanol–water partition coefficient (Wildman–Crippen LogP) is 2.35. The van der Waals surface area contributed by atoms with E-state index in [2.05, 4.69) is 6.58 Å². The standard InChI is InChI=1S/C12H20N2O/c1-6-8-14(12(3,4)5)11(15)10(7-2)9-13/h6,10H,1,7-8H2,2-5H3. The van der Waals surface area contributed by atoms with Crippen molar-refractivity contribution < 1.29 is 4.79 Å². The number of carbonyl (C=O) groups excluding carboxylic acids is 1. The third-order valence-corrected chi connectivity index (χ3v) is 2.25. The van der Waals surface area contributed by atoms with Crippen LogP contribution in [-0.2, 0) is 4.79 Å². The zero-order valence-electron chi connectivity index (χ0n) is 10.1. The van der Waals surface area contributed by atoms with Gasteiger partial charge in [-0.2, -0.15) is 5.26 Å². The first-order valence-electron chi connectivity index (χ1n) is 5.20. The number of nitriles is 1. The summed E-state index contributed by atoms with van der Waals surface area (Å²) in [5.74, 6) is -0.642. The third-order valence-electron chi connectivity index (χ3n) is 2.25. The van der Waals surface area contributed by atoms with Gasteiger partial charge in [0.25, 0.3) is 0 Å². The smallest absolute Gasteiger partial charge is 0.240 e. The molecule has 0 saturated carbocycles. The molecule has 0 aliphatic heterocycles. The molecule has 0 aromatic carbocycles. The number of hydrogen-bond donors (Lipinski definition) is 0. The first-order chi connectivity index (χ1) is 6.88. The van der Waals surface area contributed by atoms with E-state index < -0.39 is 5.92 Å². The minimum absolute atomic E-state index is 0.104. The van der Waals surface area contributed by atoms with E-state index in [1.54, 1.807) is 11.0 Å². The Morgan fingerprint density at radius 2 is 2.13 bits per heavy atom. The largest absolute Gasteiger partial charge is 0.333 e. The summed E-state index contributed by atoms with van der Waals surface area (Å²) in [4.78, 5) is 13.7. The van der Waals surface area contributed by atoms with Crippen LogP contribution in [0, 0.1) is 17.2 Å². The lowest BCUT2D eigenvalue weighted by atomic mass is 10.0. The molecule has 1 unspecified atom stereocenters. The molecule has 3 nitrogen and oxygen atoms in total. The topological polar surface area (TPSA) is 44.1 Å². The Hall–Kier alpha value is -1.30. The molecule has 84 valence electrons. The number of carbonyl (C=O) groups is 1. The summed E-state index contributed by atoms with van der Waals surface area (Å²) >= 11 is 0. The van der Waals surface area contributed by atoms with Gasteiger partial charge in [0.05, 0.1) is 6.07 Å². The molecule has 1 amide bonds. The van der Waals surface area contributed by atoms with Crippen molar-refractivity contribution in [3.05, 3.63) is 12.7 Å². The normalized spacial score (nSPS) is 12.7. The molecular weight excluding hydrogens is 188 g/mol. The first-order valence-corrected chi connectivity index (χ1v) is 5.20. The Morgan fingerprint density at radius 3 is 2.40 bits per heavy atom. The molecule has 0 saturated heterocycles. The monoisotopic (exact) mass is 208 g/mol. The summed E-state index contributed by atoms with van der Waals surface area (Å²) < 4.78 is 0. The van der Waals surface area contributed by atoms with Gasteiger partial charge in [0.2, 0.25) is 5.91 Å². The van der Waals surface area contributed by atoms with Gasteiger partial charge >= 0.3 is 0 Å². The van der Waals surface area contributed by atoms with Crippen LogP contribution in [0.15, 0.2) is 12.7 Å². The molecule has 0 spiro atoms. The molecule has 0 aromatic heterocycles. The van der Waals surface area contributed by atoms with Crippen LogP contribution < -0.4 is 0 Å². The van der Waals surface area contributed by atoms with Gasteiger partial charge in [-0.3, -0.25) is 4.79 Å². The van der Waals surface area contributed by atoms with Gasteiger partial charge in [-0.1, -0.05) is 13.0 Å². The van der Waals surface area contributed by atoms with E-state index in [0.29, 0.717) is 13.0 Å². The maximum Gasteiger partial charge on any atom is 0.240 e. The molecule has 0 rings (SSSR count). The number of nitrogens with zero attached hydrogens (tertiary/aromatic N) is 2. The van der Waals surface area contributed by atoms with Gasteiger partial charge in [0.1, 0.15) is 5.92 Å². The van der Waals surface area contributed by atoms with E-state index in [1.807, 2.05) is 33.8 Å². The average molecular weight is 208 g/mol. The van der Waals surface area contributed by atoms with Gasteiger partial charge in [0, 0.05) is 12.1 Å². The summed E-state index contributed by atoms with van der Waals surface area (Å²) in [6.45, 7) is 11.8. The highest BCUT2D eigenvalue weighted by Gasteiger charge is 2.29. The van der Waals surface area contributed by atoms with Crippen molar-refractivity contribution in [2.75, 3.05) is 6.54 Å². The third kappa shape index (κ3) is 3.75. The fourth-order valence-corrected chi connectivity index (χ4v) is 1.33. The lowest BCUT2D eigenvalue weighted by Gasteiger charge is -2.36. The van der Waals surface area contributed by atoms with E-state index in [-0.39, 0.29) is 11.4 Å². The van der Waals surface area contributed by atoms with Crippen LogP contribution in [0.3, 0.4) is 0 Å². The van der Waals surface area contributed by atoms with Crippen LogP contribution >= 0.6 is 0 Å². The average Bonchev–Trinajstić information content (AvgIpc) is 2.14. The second kappa shape index (κ2) is 5.55. The second-order valence-electron chi connectivity index (χ2n) is 4.50. The van der Waals surface area contributed by atoms with Gasteiger partial charge in [-0.25, -0.2) is 0 Å². The highest BCUT2D eigenvalue weighted by molar-refractivity contribution is 5.82. The van der Waals surface area contributed by atoms with E-state index in [1.165, 1.54) is 0 Å². The van der Waals surface area contributed by atoms with Crippen molar-refractivity contribution in [2.45, 2.75) is 39.7 Å². The lowest BCUT2D eigenvalue weighted by Crippen LogP contribution is -2.48. The van der Waals surface area contributed by atoms with Crippen LogP contribution in [0.4, 0.5) is 0 Å². The molecule has 0 N–H and O–H groups in total. The Kier molecular flexibility index (Phi) is 5.07. The molecular formula is C12H20N2O. The molecule has 3 heteroatoms. The summed E-state index contributed by atoms with van der Waals surface area (Å²) in [5, 5.41) is 8.86. The van der Waals surface area contributed by atoms with Crippen molar-refractivity contribution in [3.63, 3.8) is 0 Å². The summed E-state index contributed by atoms with van der Waals surface area (Å²) in [7, 11) is 0. The fraction of sp³-hybridized carbons (Fsp3) is 0.667. The van der Waals surface area contributed by atoms with Gasteiger partial charge in [-0.05, 0) is 27.2 Å². The van der Waals surface area contributed by atoms with Crippen molar-refractivity contribution in [2.24, 2.45) is 5.92 Å². The SMILES string of the molecule is C=CCN(C(=O)C(C#N)CC)C(C)(C)C. The molecule has 15 heavy (non-hydrogen) atoms. The number of amides is 1. The molecule has 0 radical (unpaired) electrons. The first kappa shape index (κ1) is 13.7. The van der Waals surface area contributed by atoms with Crippen molar-refractivity contribution in [1.29, 1.82) is 5.26 Å². The maximum absolute atomic E-state index is 12.0. The summed E-state index contributed by atoms with van der Waals surface area (Å²) in [6, 6.07) is 2.04. The van der Waals surface area contributed by atoms with Gasteiger partial charge in [0.15, 0.2) is 0 Å². The molecule has 0 bridgehead atoms. The Bertz CT molecular complexity index is 270. The molecule has 0 aliphatic carbocycles. The van der Waals surface area contributed by atoms with Crippen LogP contribution in [0.5, 0.6) is 0 Å². The second-order valence-corrected chi connectivity index (χ2v) is 4.50. The highest BCUT2D eigenvalue weighted by Crippen LogP contribution is 2.17. The lowest BCUT2D eigenvalue weighted by molar-refractivity contribution is -0.137. The van der Waals surface area contributed by atoms with Crippen molar-refractivity contribution >= 4 is 5.91 Å².